The third-order valence-corrected chi connectivity index (χ3v) is 5.09. The van der Waals surface area contributed by atoms with Crippen LogP contribution in [0.2, 0.25) is 0 Å². The molecule has 4 nitrogen and oxygen atoms in total. The van der Waals surface area contributed by atoms with Crippen molar-refractivity contribution >= 4 is 22.1 Å². The van der Waals surface area contributed by atoms with E-state index in [2.05, 4.69) is 33.1 Å². The minimum Gasteiger partial charge on any atom is -0.355 e. The second-order valence-corrected chi connectivity index (χ2v) is 6.95. The molecule has 0 unspecified atom stereocenters. The first kappa shape index (κ1) is 12.7. The maximum absolute atomic E-state index is 4.89. The Hall–Kier alpha value is -1.07. The molecule has 2 aliphatic rings. The molecule has 0 bridgehead atoms. The minimum absolute atomic E-state index is 0.741. The van der Waals surface area contributed by atoms with Crippen molar-refractivity contribution in [1.29, 1.82) is 0 Å². The molecule has 0 amide bonds. The van der Waals surface area contributed by atoms with Crippen LogP contribution in [-0.2, 0) is 6.54 Å². The van der Waals surface area contributed by atoms with Crippen LogP contribution in [0.15, 0.2) is 11.6 Å². The topological polar surface area (TPSA) is 32.6 Å². The van der Waals surface area contributed by atoms with E-state index in [1.54, 1.807) is 11.3 Å². The number of rotatable bonds is 7. The van der Waals surface area contributed by atoms with Crippen molar-refractivity contribution in [2.75, 3.05) is 18.0 Å². The molecular formula is C15H22N4S. The van der Waals surface area contributed by atoms with Gasteiger partial charge >= 0.3 is 0 Å². The number of anilines is 1. The van der Waals surface area contributed by atoms with Crippen LogP contribution in [0.1, 0.15) is 38.3 Å². The van der Waals surface area contributed by atoms with E-state index in [-0.39, 0.29) is 0 Å². The van der Waals surface area contributed by atoms with Crippen LogP contribution in [0.4, 0.5) is 5.82 Å². The number of nitrogens with zero attached hydrogens (tertiary/aromatic N) is 3. The highest BCUT2D eigenvalue weighted by atomic mass is 32.1. The average Bonchev–Trinajstić information content (AvgIpc) is 3.36. The SMILES string of the molecule is CCN(CC1CC1)c1nc2sccn2c1CNC1CC1. The third kappa shape index (κ3) is 2.44. The maximum atomic E-state index is 4.89. The van der Waals surface area contributed by atoms with E-state index < -0.39 is 0 Å². The van der Waals surface area contributed by atoms with E-state index in [0.717, 1.165) is 30.0 Å². The van der Waals surface area contributed by atoms with Crippen molar-refractivity contribution in [3.8, 4) is 0 Å². The van der Waals surface area contributed by atoms with Crippen molar-refractivity contribution in [2.45, 2.75) is 45.2 Å². The summed E-state index contributed by atoms with van der Waals surface area (Å²) in [5.74, 6) is 2.11. The quantitative estimate of drug-likeness (QED) is 0.851. The van der Waals surface area contributed by atoms with E-state index in [4.69, 9.17) is 4.98 Å². The van der Waals surface area contributed by atoms with E-state index in [0.29, 0.717) is 0 Å². The van der Waals surface area contributed by atoms with Crippen LogP contribution in [-0.4, -0.2) is 28.5 Å². The van der Waals surface area contributed by atoms with Gasteiger partial charge in [0.25, 0.3) is 0 Å². The number of nitrogens with one attached hydrogen (secondary N) is 1. The van der Waals surface area contributed by atoms with Crippen LogP contribution in [0.25, 0.3) is 4.96 Å². The number of thiazole rings is 1. The predicted molar refractivity (Wildman–Crippen MR) is 83.5 cm³/mol. The summed E-state index contributed by atoms with van der Waals surface area (Å²) < 4.78 is 2.27. The number of hydrogen-bond donors (Lipinski definition) is 1. The average molecular weight is 290 g/mol. The standard InChI is InChI=1S/C15H22N4S/c1-2-18(10-11-3-4-11)14-13(9-16-12-5-6-12)19-7-8-20-15(19)17-14/h7-8,11-12,16H,2-6,9-10H2,1H3. The molecule has 0 saturated heterocycles. The van der Waals surface area contributed by atoms with Gasteiger partial charge in [-0.15, -0.1) is 11.3 Å². The van der Waals surface area contributed by atoms with E-state index in [9.17, 15) is 0 Å². The Morgan fingerprint density at radius 2 is 2.25 bits per heavy atom. The van der Waals surface area contributed by atoms with Gasteiger partial charge in [0, 0.05) is 37.3 Å². The highest BCUT2D eigenvalue weighted by Gasteiger charge is 2.27. The van der Waals surface area contributed by atoms with E-state index in [1.807, 2.05) is 0 Å². The Bertz CT molecular complexity index is 594. The second kappa shape index (κ2) is 5.04. The fourth-order valence-electron chi connectivity index (χ4n) is 2.74. The Morgan fingerprint density at radius 3 is 2.95 bits per heavy atom. The summed E-state index contributed by atoms with van der Waals surface area (Å²) in [5, 5.41) is 5.78. The zero-order valence-corrected chi connectivity index (χ0v) is 12.8. The van der Waals surface area contributed by atoms with Crippen molar-refractivity contribution in [1.82, 2.24) is 14.7 Å². The molecule has 108 valence electrons. The Labute approximate surface area is 123 Å². The lowest BCUT2D eigenvalue weighted by Crippen LogP contribution is -2.28. The van der Waals surface area contributed by atoms with E-state index >= 15 is 0 Å². The van der Waals surface area contributed by atoms with Crippen LogP contribution >= 0.6 is 11.3 Å². The van der Waals surface area contributed by atoms with Crippen LogP contribution < -0.4 is 10.2 Å². The van der Waals surface area contributed by atoms with Gasteiger partial charge in [-0.3, -0.25) is 4.40 Å². The molecule has 2 aromatic rings. The Balaban J connectivity index is 1.63. The number of hydrogen-bond acceptors (Lipinski definition) is 4. The first-order chi connectivity index (χ1) is 9.85. The summed E-state index contributed by atoms with van der Waals surface area (Å²) in [6.45, 7) is 5.42. The Morgan fingerprint density at radius 1 is 1.40 bits per heavy atom. The maximum Gasteiger partial charge on any atom is 0.195 e. The van der Waals surface area contributed by atoms with Crippen molar-refractivity contribution < 1.29 is 0 Å². The molecule has 0 radical (unpaired) electrons. The first-order valence-corrected chi connectivity index (χ1v) is 8.66. The summed E-state index contributed by atoms with van der Waals surface area (Å²) in [6.07, 6.45) is 7.62. The molecule has 0 atom stereocenters. The fraction of sp³-hybridized carbons (Fsp3) is 0.667. The first-order valence-electron chi connectivity index (χ1n) is 7.78. The lowest BCUT2D eigenvalue weighted by Gasteiger charge is -2.22. The van der Waals surface area contributed by atoms with Crippen molar-refractivity contribution in [3.05, 3.63) is 17.3 Å². The van der Waals surface area contributed by atoms with Gasteiger partial charge < -0.3 is 10.2 Å². The third-order valence-electron chi connectivity index (χ3n) is 4.33. The fourth-order valence-corrected chi connectivity index (χ4v) is 3.47. The molecule has 2 saturated carbocycles. The second-order valence-electron chi connectivity index (χ2n) is 6.07. The normalized spacial score (nSPS) is 18.9. The molecule has 0 spiro atoms. The zero-order valence-electron chi connectivity index (χ0n) is 12.0. The lowest BCUT2D eigenvalue weighted by atomic mass is 10.3. The molecule has 2 aromatic heterocycles. The number of aromatic nitrogens is 2. The summed E-state index contributed by atoms with van der Waals surface area (Å²) in [7, 11) is 0. The van der Waals surface area contributed by atoms with Crippen molar-refractivity contribution in [3.63, 3.8) is 0 Å². The largest absolute Gasteiger partial charge is 0.355 e. The summed E-state index contributed by atoms with van der Waals surface area (Å²) >= 11 is 1.73. The molecule has 5 heteroatoms. The number of imidazole rings is 1. The monoisotopic (exact) mass is 290 g/mol. The van der Waals surface area contributed by atoms with Gasteiger partial charge in [0.15, 0.2) is 10.8 Å². The van der Waals surface area contributed by atoms with Gasteiger partial charge in [-0.25, -0.2) is 4.98 Å². The van der Waals surface area contributed by atoms with Gasteiger partial charge in [0.1, 0.15) is 0 Å². The number of fused-ring (bicyclic) bond motifs is 1. The molecule has 0 aromatic carbocycles. The van der Waals surface area contributed by atoms with Crippen LogP contribution in [0.5, 0.6) is 0 Å². The van der Waals surface area contributed by atoms with Crippen molar-refractivity contribution in [2.24, 2.45) is 5.92 Å². The summed E-state index contributed by atoms with van der Waals surface area (Å²) in [4.78, 5) is 8.49. The molecule has 1 N–H and O–H groups in total. The molecular weight excluding hydrogens is 268 g/mol. The zero-order chi connectivity index (χ0) is 13.5. The van der Waals surface area contributed by atoms with E-state index in [1.165, 1.54) is 43.7 Å². The molecule has 2 heterocycles. The lowest BCUT2D eigenvalue weighted by molar-refractivity contribution is 0.661. The highest BCUT2D eigenvalue weighted by Crippen LogP contribution is 2.33. The van der Waals surface area contributed by atoms with Gasteiger partial charge in [0.05, 0.1) is 5.69 Å². The van der Waals surface area contributed by atoms with Crippen LogP contribution in [0, 0.1) is 5.92 Å². The van der Waals surface area contributed by atoms with Gasteiger partial charge in [0.2, 0.25) is 0 Å². The van der Waals surface area contributed by atoms with Gasteiger partial charge in [-0.2, -0.15) is 0 Å². The smallest absolute Gasteiger partial charge is 0.195 e. The van der Waals surface area contributed by atoms with Gasteiger partial charge in [-0.05, 0) is 38.5 Å². The van der Waals surface area contributed by atoms with Crippen LogP contribution in [0.3, 0.4) is 0 Å². The summed E-state index contributed by atoms with van der Waals surface area (Å²) in [6, 6.07) is 0.741. The summed E-state index contributed by atoms with van der Waals surface area (Å²) in [5.41, 5.74) is 1.34. The predicted octanol–water partition coefficient (Wildman–Crippen LogP) is 2.88. The minimum atomic E-state index is 0.741. The molecule has 4 rings (SSSR count). The van der Waals surface area contributed by atoms with Gasteiger partial charge in [-0.1, -0.05) is 0 Å². The molecule has 0 aliphatic heterocycles. The molecule has 20 heavy (non-hydrogen) atoms. The molecule has 2 fully saturated rings. The highest BCUT2D eigenvalue weighted by molar-refractivity contribution is 7.15. The Kier molecular flexibility index (Phi) is 3.19. The molecule has 2 aliphatic carbocycles.